The van der Waals surface area contributed by atoms with Crippen molar-refractivity contribution >= 4 is 38.2 Å². The molecule has 2 aliphatic rings. The highest BCUT2D eigenvalue weighted by Gasteiger charge is 2.42. The minimum atomic E-state index is 0.404. The van der Waals surface area contributed by atoms with Crippen molar-refractivity contribution in [3.63, 3.8) is 0 Å². The predicted octanol–water partition coefficient (Wildman–Crippen LogP) is 6.13. The number of nitrogens with zero attached hydrogens (tertiary/aromatic N) is 5. The van der Waals surface area contributed by atoms with Gasteiger partial charge in [-0.25, -0.2) is 4.98 Å². The smallest absolute Gasteiger partial charge is 0.177 e. The van der Waals surface area contributed by atoms with Gasteiger partial charge in [0.15, 0.2) is 11.4 Å². The number of thiophene rings is 1. The largest absolute Gasteiger partial charge is 0.452 e. The first kappa shape index (κ1) is 21.1. The molecule has 2 saturated heterocycles. The van der Waals surface area contributed by atoms with Gasteiger partial charge in [-0.1, -0.05) is 0 Å². The van der Waals surface area contributed by atoms with Gasteiger partial charge in [-0.3, -0.25) is 14.6 Å². The van der Waals surface area contributed by atoms with Crippen LogP contribution in [-0.2, 0) is 0 Å². The summed E-state index contributed by atoms with van der Waals surface area (Å²) in [5, 5.41) is 9.03. The molecule has 0 radical (unpaired) electrons. The molecule has 2 atom stereocenters. The van der Waals surface area contributed by atoms with Crippen LogP contribution in [0.15, 0.2) is 52.9 Å². The lowest BCUT2D eigenvalue weighted by Gasteiger charge is -2.41. The molecule has 0 spiro atoms. The Hall–Kier alpha value is -3.23. The van der Waals surface area contributed by atoms with Crippen molar-refractivity contribution in [2.45, 2.75) is 63.7 Å². The first-order valence-electron chi connectivity index (χ1n) is 12.4. The molecule has 2 N–H and O–H groups in total. The molecule has 5 aromatic heterocycles. The Balaban J connectivity index is 1.25. The Kier molecular flexibility index (Phi) is 4.76. The zero-order valence-electron chi connectivity index (χ0n) is 19.9. The first-order chi connectivity index (χ1) is 17.1. The maximum atomic E-state index is 6.27. The monoisotopic (exact) mass is 484 g/mol. The minimum Gasteiger partial charge on any atom is -0.452 e. The van der Waals surface area contributed by atoms with Crippen molar-refractivity contribution in [1.29, 1.82) is 0 Å². The summed E-state index contributed by atoms with van der Waals surface area (Å²) in [4.78, 5) is 11.4. The Bertz CT molecular complexity index is 1530. The molecular weight excluding hydrogens is 456 g/mol. The fourth-order valence-electron chi connectivity index (χ4n) is 6.40. The van der Waals surface area contributed by atoms with E-state index in [9.17, 15) is 0 Å². The average molecular weight is 485 g/mol. The predicted molar refractivity (Wildman–Crippen MR) is 140 cm³/mol. The van der Waals surface area contributed by atoms with Crippen molar-refractivity contribution in [3.05, 3.63) is 48.5 Å². The lowest BCUT2D eigenvalue weighted by atomic mass is 9.96. The van der Waals surface area contributed by atoms with E-state index in [0.717, 1.165) is 37.9 Å². The summed E-state index contributed by atoms with van der Waals surface area (Å²) in [6, 6.07) is 6.51. The van der Waals surface area contributed by atoms with Crippen molar-refractivity contribution in [2.24, 2.45) is 0 Å². The summed E-state index contributed by atoms with van der Waals surface area (Å²) < 4.78 is 9.59. The van der Waals surface area contributed by atoms with Gasteiger partial charge in [0, 0.05) is 75.8 Å². The van der Waals surface area contributed by atoms with Gasteiger partial charge >= 0.3 is 0 Å². The molecule has 178 valence electrons. The minimum absolute atomic E-state index is 0.404. The molecule has 2 aliphatic heterocycles. The number of pyridine rings is 2. The fraction of sp³-hybridized carbons (Fsp3) is 0.370. The van der Waals surface area contributed by atoms with Crippen LogP contribution in [-0.4, -0.2) is 42.8 Å². The SMILES string of the molecule is CC(C)N1C2CCC1CC(n1cc(-c3cnc(N)c4oc(-c5csc6cnccc56)cc34)cn1)C2. The normalized spacial score (nSPS) is 22.7. The van der Waals surface area contributed by atoms with Crippen molar-refractivity contribution < 1.29 is 4.42 Å². The maximum absolute atomic E-state index is 6.27. The lowest BCUT2D eigenvalue weighted by molar-refractivity contribution is 0.0731. The van der Waals surface area contributed by atoms with Crippen LogP contribution in [0.4, 0.5) is 5.82 Å². The molecule has 7 nitrogen and oxygen atoms in total. The van der Waals surface area contributed by atoms with Gasteiger partial charge in [-0.2, -0.15) is 5.10 Å². The van der Waals surface area contributed by atoms with Crippen LogP contribution < -0.4 is 5.73 Å². The van der Waals surface area contributed by atoms with Crippen LogP contribution in [0.3, 0.4) is 0 Å². The molecule has 2 unspecified atom stereocenters. The Morgan fingerprint density at radius 1 is 1.06 bits per heavy atom. The van der Waals surface area contributed by atoms with Crippen LogP contribution in [0.2, 0.25) is 0 Å². The van der Waals surface area contributed by atoms with E-state index >= 15 is 0 Å². The number of hydrogen-bond acceptors (Lipinski definition) is 7. The van der Waals surface area contributed by atoms with Gasteiger partial charge in [0.1, 0.15) is 5.76 Å². The molecule has 7 heterocycles. The van der Waals surface area contributed by atoms with E-state index in [1.807, 2.05) is 30.9 Å². The van der Waals surface area contributed by atoms with Crippen molar-refractivity contribution in [3.8, 4) is 22.5 Å². The van der Waals surface area contributed by atoms with Gasteiger partial charge < -0.3 is 10.2 Å². The number of hydrogen-bond donors (Lipinski definition) is 1. The molecule has 0 aliphatic carbocycles. The van der Waals surface area contributed by atoms with E-state index < -0.39 is 0 Å². The second-order valence-electron chi connectivity index (χ2n) is 10.2. The number of rotatable bonds is 4. The number of furan rings is 1. The first-order valence-corrected chi connectivity index (χ1v) is 13.3. The molecule has 2 bridgehead atoms. The number of piperidine rings is 1. The fourth-order valence-corrected chi connectivity index (χ4v) is 7.31. The van der Waals surface area contributed by atoms with Gasteiger partial charge in [-0.15, -0.1) is 11.3 Å². The molecule has 0 saturated carbocycles. The Morgan fingerprint density at radius 3 is 2.69 bits per heavy atom. The summed E-state index contributed by atoms with van der Waals surface area (Å²) in [6.45, 7) is 4.65. The summed E-state index contributed by atoms with van der Waals surface area (Å²) in [5.41, 5.74) is 9.97. The third-order valence-corrected chi connectivity index (χ3v) is 8.81. The number of anilines is 1. The third-order valence-electron chi connectivity index (χ3n) is 7.88. The van der Waals surface area contributed by atoms with Gasteiger partial charge in [0.25, 0.3) is 0 Å². The molecule has 0 aromatic carbocycles. The van der Waals surface area contributed by atoms with Crippen LogP contribution in [0.25, 0.3) is 43.5 Å². The van der Waals surface area contributed by atoms with Crippen LogP contribution in [0.5, 0.6) is 0 Å². The Morgan fingerprint density at radius 2 is 1.89 bits per heavy atom. The summed E-state index contributed by atoms with van der Waals surface area (Å²) in [5.74, 6) is 1.20. The average Bonchev–Trinajstić information content (AvgIpc) is 3.63. The molecular formula is C27H28N6OS. The van der Waals surface area contributed by atoms with Crippen LogP contribution in [0.1, 0.15) is 45.6 Å². The molecule has 7 rings (SSSR count). The number of nitrogens with two attached hydrogens (primary N) is 1. The quantitative estimate of drug-likeness (QED) is 0.330. The second kappa shape index (κ2) is 7.90. The molecule has 2 fully saturated rings. The third kappa shape index (κ3) is 3.31. The van der Waals surface area contributed by atoms with E-state index in [4.69, 9.17) is 15.2 Å². The molecule has 35 heavy (non-hydrogen) atoms. The van der Waals surface area contributed by atoms with Crippen LogP contribution >= 0.6 is 11.3 Å². The second-order valence-corrected chi connectivity index (χ2v) is 11.1. The van der Waals surface area contributed by atoms with Crippen molar-refractivity contribution in [2.75, 3.05) is 5.73 Å². The topological polar surface area (TPSA) is 86.0 Å². The molecule has 0 amide bonds. The molecule has 8 heteroatoms. The lowest BCUT2D eigenvalue weighted by Crippen LogP contribution is -2.47. The highest BCUT2D eigenvalue weighted by molar-refractivity contribution is 7.17. The van der Waals surface area contributed by atoms with Gasteiger partial charge in [-0.05, 0) is 51.7 Å². The van der Waals surface area contributed by atoms with Gasteiger partial charge in [0.05, 0.1) is 16.9 Å². The summed E-state index contributed by atoms with van der Waals surface area (Å²) >= 11 is 1.66. The number of aromatic nitrogens is 4. The highest BCUT2D eigenvalue weighted by Crippen LogP contribution is 2.43. The van der Waals surface area contributed by atoms with E-state index in [-0.39, 0.29) is 0 Å². The standard InChI is InChI=1S/C27H28N6OS/c1-15(2)33-17-3-4-18(33)8-19(7-17)32-13-16(10-31-32)22-11-30-27(28)26-21(22)9-24(34-26)23-14-35-25-12-29-6-5-20(23)25/h5-6,9-15,17-19H,3-4,7-8H2,1-2H3,(H2,28,30). The maximum Gasteiger partial charge on any atom is 0.177 e. The summed E-state index contributed by atoms with van der Waals surface area (Å²) in [6.07, 6.45) is 14.6. The van der Waals surface area contributed by atoms with E-state index in [0.29, 0.717) is 35.6 Å². The zero-order valence-corrected chi connectivity index (χ0v) is 20.7. The van der Waals surface area contributed by atoms with E-state index in [1.54, 1.807) is 11.3 Å². The zero-order chi connectivity index (χ0) is 23.7. The van der Waals surface area contributed by atoms with E-state index in [2.05, 4.69) is 51.0 Å². The highest BCUT2D eigenvalue weighted by atomic mass is 32.1. The van der Waals surface area contributed by atoms with Crippen molar-refractivity contribution in [1.82, 2.24) is 24.6 Å². The number of fused-ring (bicyclic) bond motifs is 4. The van der Waals surface area contributed by atoms with E-state index in [1.165, 1.54) is 25.7 Å². The number of nitrogen functional groups attached to an aromatic ring is 1. The van der Waals surface area contributed by atoms with Gasteiger partial charge in [0.2, 0.25) is 0 Å². The Labute approximate surface area is 207 Å². The summed E-state index contributed by atoms with van der Waals surface area (Å²) in [7, 11) is 0. The van der Waals surface area contributed by atoms with Crippen LogP contribution in [0, 0.1) is 0 Å². The molecule has 5 aromatic rings.